The SMILES string of the molecule is CC(C)c1cc(-c2n[nH]c(=O)n2CCCN2CCOCC2)c(O)cc1O. The lowest BCUT2D eigenvalue weighted by Gasteiger charge is -2.26. The van der Waals surface area contributed by atoms with Gasteiger partial charge in [-0.25, -0.2) is 9.89 Å². The summed E-state index contributed by atoms with van der Waals surface area (Å²) in [5.41, 5.74) is 0.838. The zero-order valence-corrected chi connectivity index (χ0v) is 15.2. The van der Waals surface area contributed by atoms with Crippen LogP contribution >= 0.6 is 0 Å². The number of hydrogen-bond donors (Lipinski definition) is 3. The van der Waals surface area contributed by atoms with Crippen molar-refractivity contribution in [3.05, 3.63) is 28.2 Å². The van der Waals surface area contributed by atoms with E-state index < -0.39 is 0 Å². The number of morpholine rings is 1. The van der Waals surface area contributed by atoms with Crippen LogP contribution in [0.3, 0.4) is 0 Å². The van der Waals surface area contributed by atoms with Crippen LogP contribution in [0.4, 0.5) is 0 Å². The van der Waals surface area contributed by atoms with Crippen LogP contribution in [-0.2, 0) is 11.3 Å². The summed E-state index contributed by atoms with van der Waals surface area (Å²) in [6, 6.07) is 3.01. The van der Waals surface area contributed by atoms with Crippen molar-refractivity contribution >= 4 is 0 Å². The summed E-state index contributed by atoms with van der Waals surface area (Å²) in [5.74, 6) is 0.407. The second kappa shape index (κ2) is 7.92. The van der Waals surface area contributed by atoms with Crippen molar-refractivity contribution in [2.24, 2.45) is 0 Å². The second-order valence-corrected chi connectivity index (χ2v) is 6.89. The van der Waals surface area contributed by atoms with E-state index in [1.165, 1.54) is 10.6 Å². The molecule has 1 aromatic carbocycles. The van der Waals surface area contributed by atoms with E-state index in [-0.39, 0.29) is 23.1 Å². The van der Waals surface area contributed by atoms with E-state index in [9.17, 15) is 15.0 Å². The highest BCUT2D eigenvalue weighted by Crippen LogP contribution is 2.36. The van der Waals surface area contributed by atoms with Gasteiger partial charge >= 0.3 is 5.69 Å². The highest BCUT2D eigenvalue weighted by molar-refractivity contribution is 5.67. The normalized spacial score (nSPS) is 15.7. The number of aromatic hydroxyl groups is 2. The third-order valence-electron chi connectivity index (χ3n) is 4.73. The first-order valence-electron chi connectivity index (χ1n) is 8.99. The van der Waals surface area contributed by atoms with Gasteiger partial charge in [0, 0.05) is 32.2 Å². The fourth-order valence-corrected chi connectivity index (χ4v) is 3.24. The summed E-state index contributed by atoms with van der Waals surface area (Å²) in [5, 5.41) is 26.8. The summed E-state index contributed by atoms with van der Waals surface area (Å²) >= 11 is 0. The zero-order chi connectivity index (χ0) is 18.7. The number of benzene rings is 1. The van der Waals surface area contributed by atoms with Crippen molar-refractivity contribution in [3.8, 4) is 22.9 Å². The molecule has 1 aliphatic rings. The summed E-state index contributed by atoms with van der Waals surface area (Å²) in [6.07, 6.45) is 0.794. The average Bonchev–Trinajstić information content (AvgIpc) is 2.96. The van der Waals surface area contributed by atoms with Gasteiger partial charge in [0.1, 0.15) is 11.5 Å². The molecule has 26 heavy (non-hydrogen) atoms. The predicted octanol–water partition coefficient (Wildman–Crippen LogP) is 1.50. The number of rotatable bonds is 6. The standard InChI is InChI=1S/C18H26N4O4/c1-12(2)13-10-14(16(24)11-15(13)23)17-19-20-18(25)22(17)5-3-4-21-6-8-26-9-7-21/h10-12,23-24H,3-9H2,1-2H3,(H,20,25). The molecule has 3 N–H and O–H groups in total. The molecule has 8 heteroatoms. The molecule has 142 valence electrons. The van der Waals surface area contributed by atoms with Gasteiger partial charge in [-0.05, 0) is 24.0 Å². The Labute approximate surface area is 152 Å². The highest BCUT2D eigenvalue weighted by Gasteiger charge is 2.19. The number of aromatic amines is 1. The minimum atomic E-state index is -0.305. The first kappa shape index (κ1) is 18.5. The summed E-state index contributed by atoms with van der Waals surface area (Å²) in [6.45, 7) is 8.59. The van der Waals surface area contributed by atoms with Crippen LogP contribution in [0.2, 0.25) is 0 Å². The van der Waals surface area contributed by atoms with Crippen LogP contribution in [0.15, 0.2) is 16.9 Å². The van der Waals surface area contributed by atoms with Crippen molar-refractivity contribution in [3.63, 3.8) is 0 Å². The van der Waals surface area contributed by atoms with E-state index in [1.54, 1.807) is 6.07 Å². The van der Waals surface area contributed by atoms with Crippen molar-refractivity contribution in [2.75, 3.05) is 32.8 Å². The van der Waals surface area contributed by atoms with Crippen LogP contribution in [0.25, 0.3) is 11.4 Å². The van der Waals surface area contributed by atoms with E-state index in [0.717, 1.165) is 39.3 Å². The van der Waals surface area contributed by atoms with E-state index in [4.69, 9.17) is 4.74 Å². The minimum absolute atomic E-state index is 0.0398. The molecular weight excluding hydrogens is 336 g/mol. The molecule has 3 rings (SSSR count). The van der Waals surface area contributed by atoms with Crippen LogP contribution < -0.4 is 5.69 Å². The molecule has 1 fully saturated rings. The number of nitrogens with zero attached hydrogens (tertiary/aromatic N) is 3. The maximum Gasteiger partial charge on any atom is 0.343 e. The molecule has 1 aromatic heterocycles. The number of H-pyrrole nitrogens is 1. The molecule has 2 heterocycles. The Morgan fingerprint density at radius 3 is 2.62 bits per heavy atom. The van der Waals surface area contributed by atoms with Gasteiger partial charge in [-0.3, -0.25) is 9.47 Å². The van der Waals surface area contributed by atoms with Gasteiger partial charge in [0.25, 0.3) is 0 Å². The summed E-state index contributed by atoms with van der Waals surface area (Å²) in [4.78, 5) is 14.5. The monoisotopic (exact) mass is 362 g/mol. The third kappa shape index (κ3) is 3.91. The first-order valence-corrected chi connectivity index (χ1v) is 8.99. The number of phenols is 2. The lowest BCUT2D eigenvalue weighted by atomic mass is 9.98. The molecule has 2 aromatic rings. The molecule has 0 atom stereocenters. The second-order valence-electron chi connectivity index (χ2n) is 6.89. The maximum absolute atomic E-state index is 12.2. The summed E-state index contributed by atoms with van der Waals surface area (Å²) < 4.78 is 6.88. The molecule has 1 saturated heterocycles. The predicted molar refractivity (Wildman–Crippen MR) is 97.6 cm³/mol. The van der Waals surface area contributed by atoms with E-state index in [0.29, 0.717) is 23.5 Å². The third-order valence-corrected chi connectivity index (χ3v) is 4.73. The van der Waals surface area contributed by atoms with Gasteiger partial charge < -0.3 is 14.9 Å². The fourth-order valence-electron chi connectivity index (χ4n) is 3.24. The lowest BCUT2D eigenvalue weighted by Crippen LogP contribution is -2.37. The number of phenolic OH excluding ortho intramolecular Hbond substituents is 2. The molecule has 0 saturated carbocycles. The van der Waals surface area contributed by atoms with Gasteiger partial charge in [0.05, 0.1) is 18.8 Å². The van der Waals surface area contributed by atoms with E-state index in [2.05, 4.69) is 15.1 Å². The highest BCUT2D eigenvalue weighted by atomic mass is 16.5. The Balaban J connectivity index is 1.81. The number of aromatic nitrogens is 3. The van der Waals surface area contributed by atoms with Crippen LogP contribution in [0.5, 0.6) is 11.5 Å². The van der Waals surface area contributed by atoms with E-state index in [1.807, 2.05) is 13.8 Å². The minimum Gasteiger partial charge on any atom is -0.508 e. The van der Waals surface area contributed by atoms with E-state index >= 15 is 0 Å². The van der Waals surface area contributed by atoms with Crippen LogP contribution in [0, 0.1) is 0 Å². The topological polar surface area (TPSA) is 104 Å². The van der Waals surface area contributed by atoms with Crippen molar-refractivity contribution in [2.45, 2.75) is 32.7 Å². The van der Waals surface area contributed by atoms with Gasteiger partial charge in [0.2, 0.25) is 0 Å². The first-order chi connectivity index (χ1) is 12.5. The molecule has 0 amide bonds. The number of hydrogen-bond acceptors (Lipinski definition) is 6. The van der Waals surface area contributed by atoms with Crippen molar-refractivity contribution in [1.29, 1.82) is 0 Å². The number of nitrogens with one attached hydrogen (secondary N) is 1. The zero-order valence-electron chi connectivity index (χ0n) is 15.2. The Bertz CT molecular complexity index is 806. The molecule has 1 aliphatic heterocycles. The molecule has 0 radical (unpaired) electrons. The fraction of sp³-hybridized carbons (Fsp3) is 0.556. The molecule has 8 nitrogen and oxygen atoms in total. The number of ether oxygens (including phenoxy) is 1. The maximum atomic E-state index is 12.2. The van der Waals surface area contributed by atoms with Gasteiger partial charge in [-0.15, -0.1) is 0 Å². The largest absolute Gasteiger partial charge is 0.508 e. The summed E-state index contributed by atoms with van der Waals surface area (Å²) in [7, 11) is 0. The molecule has 0 spiro atoms. The Hall–Kier alpha value is -2.32. The average molecular weight is 362 g/mol. The van der Waals surface area contributed by atoms with Crippen LogP contribution in [-0.4, -0.2) is 62.7 Å². The smallest absolute Gasteiger partial charge is 0.343 e. The van der Waals surface area contributed by atoms with Gasteiger partial charge in [-0.2, -0.15) is 5.10 Å². The van der Waals surface area contributed by atoms with Crippen molar-refractivity contribution in [1.82, 2.24) is 19.7 Å². The molecule has 0 bridgehead atoms. The van der Waals surface area contributed by atoms with Gasteiger partial charge in [-0.1, -0.05) is 13.8 Å². The Morgan fingerprint density at radius 1 is 1.19 bits per heavy atom. The lowest BCUT2D eigenvalue weighted by molar-refractivity contribution is 0.0369. The van der Waals surface area contributed by atoms with Crippen molar-refractivity contribution < 1.29 is 14.9 Å². The Morgan fingerprint density at radius 2 is 1.92 bits per heavy atom. The quantitative estimate of drug-likeness (QED) is 0.719. The molecular formula is C18H26N4O4. The molecule has 0 unspecified atom stereocenters. The van der Waals surface area contributed by atoms with Crippen LogP contribution in [0.1, 0.15) is 31.7 Å². The molecule has 0 aliphatic carbocycles. The van der Waals surface area contributed by atoms with Gasteiger partial charge in [0.15, 0.2) is 5.82 Å². The Kier molecular flexibility index (Phi) is 5.63.